The Hall–Kier alpha value is -1.89. The van der Waals surface area contributed by atoms with Crippen LogP contribution in [-0.2, 0) is 0 Å². The zero-order chi connectivity index (χ0) is 15.1. The summed E-state index contributed by atoms with van der Waals surface area (Å²) in [6.45, 7) is 1.39. The average Bonchev–Trinajstić information content (AvgIpc) is 2.53. The van der Waals surface area contributed by atoms with Gasteiger partial charge in [0.05, 0.1) is 6.20 Å². The Bertz CT molecular complexity index is 599. The maximum Gasteiger partial charge on any atom is 0.253 e. The molecule has 0 fully saturated rings. The van der Waals surface area contributed by atoms with E-state index in [1.165, 1.54) is 6.20 Å². The van der Waals surface area contributed by atoms with Gasteiger partial charge in [0.15, 0.2) is 0 Å². The number of benzene rings is 1. The molecule has 0 unspecified atom stereocenters. The predicted molar refractivity (Wildman–Crippen MR) is 93.9 cm³/mol. The van der Waals surface area contributed by atoms with Gasteiger partial charge >= 0.3 is 0 Å². The second-order valence-corrected chi connectivity index (χ2v) is 4.50. The summed E-state index contributed by atoms with van der Waals surface area (Å²) >= 11 is 0. The third kappa shape index (κ3) is 6.40. The fourth-order valence-corrected chi connectivity index (χ4v) is 1.75. The zero-order valence-corrected chi connectivity index (χ0v) is 14.6. The van der Waals surface area contributed by atoms with Gasteiger partial charge in [-0.15, -0.1) is 24.8 Å². The number of amides is 1. The highest BCUT2D eigenvalue weighted by Gasteiger charge is 2.12. The van der Waals surface area contributed by atoms with Crippen molar-refractivity contribution in [3.05, 3.63) is 48.4 Å². The molecule has 126 valence electrons. The highest BCUT2D eigenvalue weighted by atomic mass is 35.5. The van der Waals surface area contributed by atoms with E-state index in [4.69, 9.17) is 4.74 Å². The minimum Gasteiger partial charge on any atom is -0.437 e. The topological polar surface area (TPSA) is 67.4 Å². The first-order valence-corrected chi connectivity index (χ1v) is 6.64. The van der Waals surface area contributed by atoms with Crippen LogP contribution in [0.1, 0.15) is 10.4 Å². The quantitative estimate of drug-likeness (QED) is 0.858. The van der Waals surface area contributed by atoms with Crippen molar-refractivity contribution in [1.29, 1.82) is 0 Å². The maximum absolute atomic E-state index is 12.3. The smallest absolute Gasteiger partial charge is 0.253 e. The molecular formula is C15H20Cl2N4O2. The van der Waals surface area contributed by atoms with E-state index >= 15 is 0 Å². The highest BCUT2D eigenvalue weighted by molar-refractivity contribution is 5.94. The lowest BCUT2D eigenvalue weighted by molar-refractivity contribution is 0.0796. The maximum atomic E-state index is 12.3. The molecule has 0 aliphatic heterocycles. The molecular weight excluding hydrogens is 339 g/mol. The van der Waals surface area contributed by atoms with E-state index in [9.17, 15) is 4.79 Å². The average molecular weight is 359 g/mol. The lowest BCUT2D eigenvalue weighted by atomic mass is 10.2. The first kappa shape index (κ1) is 21.1. The molecule has 8 heteroatoms. The largest absolute Gasteiger partial charge is 0.437 e. The van der Waals surface area contributed by atoms with Crippen molar-refractivity contribution < 1.29 is 9.53 Å². The molecule has 0 atom stereocenters. The molecule has 0 bridgehead atoms. The molecule has 1 aromatic heterocycles. The molecule has 1 amide bonds. The first-order valence-electron chi connectivity index (χ1n) is 6.64. The first-order chi connectivity index (χ1) is 10.2. The van der Waals surface area contributed by atoms with E-state index in [-0.39, 0.29) is 30.7 Å². The Labute approximate surface area is 148 Å². The van der Waals surface area contributed by atoms with E-state index < -0.39 is 0 Å². The van der Waals surface area contributed by atoms with Crippen molar-refractivity contribution >= 4 is 30.7 Å². The molecule has 0 saturated heterocycles. The van der Waals surface area contributed by atoms with E-state index in [1.807, 2.05) is 7.05 Å². The summed E-state index contributed by atoms with van der Waals surface area (Å²) in [5.74, 6) is 0.906. The zero-order valence-electron chi connectivity index (χ0n) is 12.9. The van der Waals surface area contributed by atoms with Crippen LogP contribution in [0.2, 0.25) is 0 Å². The Morgan fingerprint density at radius 2 is 2.09 bits per heavy atom. The van der Waals surface area contributed by atoms with Gasteiger partial charge in [-0.05, 0) is 25.2 Å². The Morgan fingerprint density at radius 3 is 2.74 bits per heavy atom. The van der Waals surface area contributed by atoms with Crippen LogP contribution in [0.5, 0.6) is 11.6 Å². The van der Waals surface area contributed by atoms with Crippen LogP contribution < -0.4 is 10.1 Å². The van der Waals surface area contributed by atoms with Gasteiger partial charge < -0.3 is 15.0 Å². The number of nitrogens with zero attached hydrogens (tertiary/aromatic N) is 3. The molecule has 1 aromatic carbocycles. The van der Waals surface area contributed by atoms with Gasteiger partial charge in [0, 0.05) is 38.1 Å². The number of hydrogen-bond donors (Lipinski definition) is 1. The lowest BCUT2D eigenvalue weighted by Gasteiger charge is -2.17. The van der Waals surface area contributed by atoms with E-state index in [2.05, 4.69) is 15.3 Å². The molecule has 0 aliphatic carbocycles. The summed E-state index contributed by atoms with van der Waals surface area (Å²) in [4.78, 5) is 21.9. The van der Waals surface area contributed by atoms with Crippen LogP contribution in [-0.4, -0.2) is 48.0 Å². The molecule has 1 N–H and O–H groups in total. The molecule has 6 nitrogen and oxygen atoms in total. The summed E-state index contributed by atoms with van der Waals surface area (Å²) in [5, 5.41) is 3.02. The van der Waals surface area contributed by atoms with Crippen molar-refractivity contribution in [1.82, 2.24) is 20.2 Å². The van der Waals surface area contributed by atoms with Gasteiger partial charge in [-0.2, -0.15) is 0 Å². The molecule has 1 heterocycles. The van der Waals surface area contributed by atoms with Gasteiger partial charge in [-0.1, -0.05) is 6.07 Å². The number of ether oxygens (including phenoxy) is 1. The monoisotopic (exact) mass is 358 g/mol. The number of rotatable bonds is 6. The van der Waals surface area contributed by atoms with E-state index in [0.717, 1.165) is 6.54 Å². The number of aromatic nitrogens is 2. The van der Waals surface area contributed by atoms with Crippen LogP contribution in [0.15, 0.2) is 42.9 Å². The number of hydrogen-bond acceptors (Lipinski definition) is 5. The van der Waals surface area contributed by atoms with E-state index in [1.54, 1.807) is 48.6 Å². The van der Waals surface area contributed by atoms with Gasteiger partial charge in [-0.25, -0.2) is 4.98 Å². The minimum atomic E-state index is -0.0464. The summed E-state index contributed by atoms with van der Waals surface area (Å²) < 4.78 is 5.57. The summed E-state index contributed by atoms with van der Waals surface area (Å²) in [7, 11) is 3.63. The number of carbonyl (C=O) groups excluding carboxylic acids is 1. The molecule has 2 rings (SSSR count). The highest BCUT2D eigenvalue weighted by Crippen LogP contribution is 2.20. The number of nitrogens with one attached hydrogen (secondary N) is 1. The second kappa shape index (κ2) is 10.8. The van der Waals surface area contributed by atoms with Crippen molar-refractivity contribution in [2.24, 2.45) is 0 Å². The number of halogens is 2. The third-order valence-electron chi connectivity index (χ3n) is 2.89. The Morgan fingerprint density at radius 1 is 1.30 bits per heavy atom. The second-order valence-electron chi connectivity index (χ2n) is 4.50. The third-order valence-corrected chi connectivity index (χ3v) is 2.89. The fourth-order valence-electron chi connectivity index (χ4n) is 1.75. The summed E-state index contributed by atoms with van der Waals surface area (Å²) in [6.07, 6.45) is 4.65. The van der Waals surface area contributed by atoms with Crippen molar-refractivity contribution in [2.75, 3.05) is 27.2 Å². The van der Waals surface area contributed by atoms with Crippen LogP contribution in [0, 0.1) is 0 Å². The van der Waals surface area contributed by atoms with Crippen LogP contribution in [0.3, 0.4) is 0 Å². The molecule has 0 saturated carbocycles. The summed E-state index contributed by atoms with van der Waals surface area (Å²) in [6, 6.07) is 7.03. The standard InChI is InChI=1S/C15H18N4O2.2ClH/c1-16-8-9-19(2)15(20)12-4-3-5-13(10-12)21-14-11-17-6-7-18-14;;/h3-7,10-11,16H,8-9H2,1-2H3;2*1H. The Kier molecular flexibility index (Phi) is 9.89. The van der Waals surface area contributed by atoms with Crippen molar-refractivity contribution in [3.63, 3.8) is 0 Å². The minimum absolute atomic E-state index is 0. The van der Waals surface area contributed by atoms with E-state index in [0.29, 0.717) is 23.7 Å². The Balaban J connectivity index is 0.00000242. The van der Waals surface area contributed by atoms with Gasteiger partial charge in [-0.3, -0.25) is 9.78 Å². The van der Waals surface area contributed by atoms with Crippen LogP contribution in [0.25, 0.3) is 0 Å². The van der Waals surface area contributed by atoms with Crippen molar-refractivity contribution in [3.8, 4) is 11.6 Å². The summed E-state index contributed by atoms with van der Waals surface area (Å²) in [5.41, 5.74) is 0.579. The predicted octanol–water partition coefficient (Wildman–Crippen LogP) is 2.40. The number of likely N-dealkylation sites (N-methyl/N-ethyl adjacent to an activating group) is 2. The molecule has 2 aromatic rings. The number of carbonyl (C=O) groups is 1. The van der Waals surface area contributed by atoms with Gasteiger partial charge in [0.2, 0.25) is 5.88 Å². The molecule has 23 heavy (non-hydrogen) atoms. The lowest BCUT2D eigenvalue weighted by Crippen LogP contribution is -2.32. The molecule has 0 radical (unpaired) electrons. The molecule has 0 aliphatic rings. The van der Waals surface area contributed by atoms with Gasteiger partial charge in [0.25, 0.3) is 5.91 Å². The fraction of sp³-hybridized carbons (Fsp3) is 0.267. The molecule has 0 spiro atoms. The van der Waals surface area contributed by atoms with Crippen LogP contribution >= 0.6 is 24.8 Å². The van der Waals surface area contributed by atoms with Crippen molar-refractivity contribution in [2.45, 2.75) is 0 Å². The SMILES string of the molecule is CNCCN(C)C(=O)c1cccc(Oc2cnccn2)c1.Cl.Cl. The van der Waals surface area contributed by atoms with Crippen LogP contribution in [0.4, 0.5) is 0 Å². The normalized spacial score (nSPS) is 9.30. The van der Waals surface area contributed by atoms with Gasteiger partial charge in [0.1, 0.15) is 5.75 Å².